The highest BCUT2D eigenvalue weighted by Gasteiger charge is 2.20. The first-order chi connectivity index (χ1) is 8.69. The van der Waals surface area contributed by atoms with Crippen molar-refractivity contribution in [3.8, 4) is 0 Å². The highest BCUT2D eigenvalue weighted by Crippen LogP contribution is 2.21. The van der Waals surface area contributed by atoms with E-state index in [1.165, 1.54) is 10.5 Å². The zero-order valence-corrected chi connectivity index (χ0v) is 12.3. The maximum Gasteiger partial charge on any atom is 0.0561 e. The van der Waals surface area contributed by atoms with Crippen LogP contribution in [0.15, 0.2) is 29.2 Å². The first-order valence-electron chi connectivity index (χ1n) is 6.70. The Labute approximate surface area is 114 Å². The molecule has 1 aromatic carbocycles. The summed E-state index contributed by atoms with van der Waals surface area (Å²) in [6.45, 7) is 5.29. The van der Waals surface area contributed by atoms with E-state index in [0.29, 0.717) is 18.2 Å². The van der Waals surface area contributed by atoms with E-state index in [0.717, 1.165) is 19.4 Å². The van der Waals surface area contributed by atoms with Gasteiger partial charge in [-0.25, -0.2) is 0 Å². The fraction of sp³-hybridized carbons (Fsp3) is 0.600. The standard InChI is InChI=1S/C15H23NOS/c1-11-10-14(8-9-17-11)16-12(2)13-4-6-15(18-3)7-5-13/h4-7,11-12,14,16H,8-10H2,1-3H3. The van der Waals surface area contributed by atoms with Crippen molar-refractivity contribution in [3.05, 3.63) is 29.8 Å². The summed E-state index contributed by atoms with van der Waals surface area (Å²) < 4.78 is 5.58. The van der Waals surface area contributed by atoms with Gasteiger partial charge in [-0.3, -0.25) is 0 Å². The molecule has 1 aliphatic heterocycles. The Balaban J connectivity index is 1.91. The molecule has 0 aromatic heterocycles. The molecule has 1 fully saturated rings. The Morgan fingerprint density at radius 2 is 2.06 bits per heavy atom. The lowest BCUT2D eigenvalue weighted by molar-refractivity contribution is 0.0116. The largest absolute Gasteiger partial charge is 0.378 e. The number of hydrogen-bond donors (Lipinski definition) is 1. The van der Waals surface area contributed by atoms with Gasteiger partial charge in [-0.1, -0.05) is 12.1 Å². The SMILES string of the molecule is CSc1ccc(C(C)NC2CCOC(C)C2)cc1. The van der Waals surface area contributed by atoms with Crippen LogP contribution in [0.2, 0.25) is 0 Å². The van der Waals surface area contributed by atoms with Crippen molar-refractivity contribution in [3.63, 3.8) is 0 Å². The number of benzene rings is 1. The second kappa shape index (κ2) is 6.60. The molecule has 1 N–H and O–H groups in total. The molecule has 1 heterocycles. The third-order valence-electron chi connectivity index (χ3n) is 3.59. The van der Waals surface area contributed by atoms with Gasteiger partial charge in [-0.2, -0.15) is 0 Å². The Morgan fingerprint density at radius 3 is 2.67 bits per heavy atom. The van der Waals surface area contributed by atoms with Crippen LogP contribution in [-0.2, 0) is 4.74 Å². The third-order valence-corrected chi connectivity index (χ3v) is 4.33. The molecule has 0 radical (unpaired) electrons. The molecular weight excluding hydrogens is 242 g/mol. The second-order valence-corrected chi connectivity index (χ2v) is 5.94. The summed E-state index contributed by atoms with van der Waals surface area (Å²) in [6, 6.07) is 9.86. The normalized spacial score (nSPS) is 25.9. The topological polar surface area (TPSA) is 21.3 Å². The summed E-state index contributed by atoms with van der Waals surface area (Å²) in [6.07, 6.45) is 4.74. The van der Waals surface area contributed by atoms with Gasteiger partial charge in [0, 0.05) is 23.6 Å². The van der Waals surface area contributed by atoms with Crippen LogP contribution in [0.1, 0.15) is 38.3 Å². The molecule has 18 heavy (non-hydrogen) atoms. The zero-order chi connectivity index (χ0) is 13.0. The lowest BCUT2D eigenvalue weighted by Crippen LogP contribution is -2.39. The quantitative estimate of drug-likeness (QED) is 0.840. The van der Waals surface area contributed by atoms with Crippen molar-refractivity contribution in [2.75, 3.05) is 12.9 Å². The number of rotatable bonds is 4. The molecule has 0 aliphatic carbocycles. The van der Waals surface area contributed by atoms with Crippen molar-refractivity contribution < 1.29 is 4.74 Å². The summed E-state index contributed by atoms with van der Waals surface area (Å²) in [5.74, 6) is 0. The minimum Gasteiger partial charge on any atom is -0.378 e. The maximum absolute atomic E-state index is 5.58. The maximum atomic E-state index is 5.58. The molecule has 1 aliphatic rings. The monoisotopic (exact) mass is 265 g/mol. The minimum atomic E-state index is 0.391. The van der Waals surface area contributed by atoms with E-state index in [1.54, 1.807) is 11.8 Å². The van der Waals surface area contributed by atoms with E-state index in [2.05, 4.69) is 49.7 Å². The predicted octanol–water partition coefficient (Wildman–Crippen LogP) is 3.63. The summed E-state index contributed by atoms with van der Waals surface area (Å²) in [5.41, 5.74) is 1.37. The Kier molecular flexibility index (Phi) is 5.10. The van der Waals surface area contributed by atoms with Crippen LogP contribution in [-0.4, -0.2) is 25.0 Å². The van der Waals surface area contributed by atoms with E-state index in [9.17, 15) is 0 Å². The average molecular weight is 265 g/mol. The first kappa shape index (κ1) is 13.9. The molecule has 0 amide bonds. The van der Waals surface area contributed by atoms with E-state index < -0.39 is 0 Å². The van der Waals surface area contributed by atoms with E-state index in [1.807, 2.05) is 0 Å². The van der Waals surface area contributed by atoms with Gasteiger partial charge in [-0.15, -0.1) is 11.8 Å². The molecule has 1 aromatic rings. The zero-order valence-electron chi connectivity index (χ0n) is 11.5. The Hall–Kier alpha value is -0.510. The molecule has 3 unspecified atom stereocenters. The van der Waals surface area contributed by atoms with Crippen LogP contribution in [0.25, 0.3) is 0 Å². The van der Waals surface area contributed by atoms with Crippen molar-refractivity contribution in [1.82, 2.24) is 5.32 Å². The fourth-order valence-corrected chi connectivity index (χ4v) is 2.90. The second-order valence-electron chi connectivity index (χ2n) is 5.06. The third kappa shape index (κ3) is 3.74. The van der Waals surface area contributed by atoms with Gasteiger partial charge in [0.25, 0.3) is 0 Å². The van der Waals surface area contributed by atoms with Gasteiger partial charge < -0.3 is 10.1 Å². The van der Waals surface area contributed by atoms with Crippen LogP contribution in [0.5, 0.6) is 0 Å². The fourth-order valence-electron chi connectivity index (χ4n) is 2.49. The highest BCUT2D eigenvalue weighted by atomic mass is 32.2. The van der Waals surface area contributed by atoms with Gasteiger partial charge in [0.2, 0.25) is 0 Å². The molecule has 1 saturated heterocycles. The van der Waals surface area contributed by atoms with Crippen molar-refractivity contribution in [2.24, 2.45) is 0 Å². The number of hydrogen-bond acceptors (Lipinski definition) is 3. The highest BCUT2D eigenvalue weighted by molar-refractivity contribution is 7.98. The molecule has 0 spiro atoms. The van der Waals surface area contributed by atoms with E-state index >= 15 is 0 Å². The molecule has 2 nitrogen and oxygen atoms in total. The van der Waals surface area contributed by atoms with Gasteiger partial charge in [0.05, 0.1) is 6.10 Å². The summed E-state index contributed by atoms with van der Waals surface area (Å²) in [4.78, 5) is 1.32. The van der Waals surface area contributed by atoms with Crippen LogP contribution >= 0.6 is 11.8 Å². The molecule has 3 heteroatoms. The smallest absolute Gasteiger partial charge is 0.0561 e. The number of thioether (sulfide) groups is 1. The van der Waals surface area contributed by atoms with Crippen molar-refractivity contribution >= 4 is 11.8 Å². The molecule has 0 bridgehead atoms. The predicted molar refractivity (Wildman–Crippen MR) is 78.2 cm³/mol. The van der Waals surface area contributed by atoms with Gasteiger partial charge in [0.1, 0.15) is 0 Å². The average Bonchev–Trinajstić information content (AvgIpc) is 2.39. The molecular formula is C15H23NOS. The van der Waals surface area contributed by atoms with Crippen molar-refractivity contribution in [2.45, 2.75) is 49.8 Å². The van der Waals surface area contributed by atoms with Crippen molar-refractivity contribution in [1.29, 1.82) is 0 Å². The molecule has 0 saturated carbocycles. The van der Waals surface area contributed by atoms with Gasteiger partial charge >= 0.3 is 0 Å². The van der Waals surface area contributed by atoms with Gasteiger partial charge in [0.15, 0.2) is 0 Å². The minimum absolute atomic E-state index is 0.391. The van der Waals surface area contributed by atoms with E-state index in [4.69, 9.17) is 4.74 Å². The number of ether oxygens (including phenoxy) is 1. The lowest BCUT2D eigenvalue weighted by atomic mass is 10.0. The summed E-state index contributed by atoms with van der Waals surface area (Å²) in [7, 11) is 0. The molecule has 2 rings (SSSR count). The van der Waals surface area contributed by atoms with Gasteiger partial charge in [-0.05, 0) is 50.6 Å². The molecule has 3 atom stereocenters. The van der Waals surface area contributed by atoms with Crippen LogP contribution < -0.4 is 5.32 Å². The lowest BCUT2D eigenvalue weighted by Gasteiger charge is -2.30. The first-order valence-corrected chi connectivity index (χ1v) is 7.93. The van der Waals surface area contributed by atoms with Crippen LogP contribution in [0, 0.1) is 0 Å². The number of nitrogens with one attached hydrogen (secondary N) is 1. The Bertz CT molecular complexity index is 365. The van der Waals surface area contributed by atoms with E-state index in [-0.39, 0.29) is 0 Å². The Morgan fingerprint density at radius 1 is 1.33 bits per heavy atom. The summed E-state index contributed by atoms with van der Waals surface area (Å²) >= 11 is 1.79. The molecule has 100 valence electrons. The van der Waals surface area contributed by atoms with Crippen LogP contribution in [0.3, 0.4) is 0 Å². The van der Waals surface area contributed by atoms with Crippen LogP contribution in [0.4, 0.5) is 0 Å². The summed E-state index contributed by atoms with van der Waals surface area (Å²) in [5, 5.41) is 3.72.